The number of nitrogens with one attached hydrogen (secondary N) is 1. The molecule has 2 rings (SSSR count). The van der Waals surface area contributed by atoms with Crippen LogP contribution in [0.3, 0.4) is 0 Å². The monoisotopic (exact) mass is 396 g/mol. The molecule has 0 spiro atoms. The Hall–Kier alpha value is -1.79. The fraction of sp³-hybridized carbons (Fsp3) is 0.600. The molecule has 0 aliphatic carbocycles. The summed E-state index contributed by atoms with van der Waals surface area (Å²) in [6.45, 7) is 6.80. The van der Waals surface area contributed by atoms with E-state index in [0.717, 1.165) is 24.8 Å². The topological polar surface area (TPSA) is 67.9 Å². The summed E-state index contributed by atoms with van der Waals surface area (Å²) in [5.74, 6) is -0.0715. The van der Waals surface area contributed by atoms with Crippen LogP contribution in [0.1, 0.15) is 45.6 Å². The van der Waals surface area contributed by atoms with Crippen LogP contribution < -0.4 is 5.32 Å². The summed E-state index contributed by atoms with van der Waals surface area (Å²) in [5, 5.41) is 3.40. The van der Waals surface area contributed by atoms with Gasteiger partial charge in [-0.2, -0.15) is 0 Å². The van der Waals surface area contributed by atoms with Gasteiger partial charge in [0.1, 0.15) is 12.2 Å². The molecule has 0 aromatic heterocycles. The van der Waals surface area contributed by atoms with Gasteiger partial charge in [0.25, 0.3) is 0 Å². The molecule has 150 valence electrons. The number of piperidine rings is 1. The van der Waals surface area contributed by atoms with Crippen LogP contribution in [-0.2, 0) is 20.9 Å². The quantitative estimate of drug-likeness (QED) is 0.794. The van der Waals surface area contributed by atoms with Crippen LogP contribution >= 0.6 is 11.6 Å². The molecule has 6 nitrogen and oxygen atoms in total. The Bertz CT molecular complexity index is 645. The number of nitrogens with zero attached hydrogens (tertiary/aromatic N) is 1. The molecule has 1 saturated heterocycles. The van der Waals surface area contributed by atoms with Gasteiger partial charge in [-0.15, -0.1) is 0 Å². The van der Waals surface area contributed by atoms with Gasteiger partial charge in [-0.1, -0.05) is 29.8 Å². The van der Waals surface area contributed by atoms with Crippen LogP contribution in [-0.4, -0.2) is 48.2 Å². The molecule has 1 aromatic carbocycles. The number of likely N-dealkylation sites (tertiary alicyclic amines) is 1. The first kappa shape index (κ1) is 21.5. The van der Waals surface area contributed by atoms with Crippen molar-refractivity contribution >= 4 is 23.6 Å². The molecule has 27 heavy (non-hydrogen) atoms. The van der Waals surface area contributed by atoms with Crippen molar-refractivity contribution in [2.75, 3.05) is 19.7 Å². The number of hydrogen-bond donors (Lipinski definition) is 1. The van der Waals surface area contributed by atoms with Gasteiger partial charge in [0.05, 0.1) is 6.61 Å². The van der Waals surface area contributed by atoms with Crippen LogP contribution in [0.5, 0.6) is 0 Å². The Balaban J connectivity index is 1.81. The minimum atomic E-state index is -0.543. The third-order valence-corrected chi connectivity index (χ3v) is 4.64. The zero-order chi connectivity index (χ0) is 19.9. The van der Waals surface area contributed by atoms with Crippen molar-refractivity contribution in [3.8, 4) is 0 Å². The number of hydrogen-bond acceptors (Lipinski definition) is 4. The van der Waals surface area contributed by atoms with Gasteiger partial charge in [-0.05, 0) is 51.7 Å². The Morgan fingerprint density at radius 2 is 2.00 bits per heavy atom. The highest BCUT2D eigenvalue weighted by molar-refractivity contribution is 6.31. The maximum Gasteiger partial charge on any atom is 0.407 e. The SMILES string of the molecule is CC(C)(C)OC(=O)NCC1CCCCN1C(=O)COCc1ccccc1Cl. The average molecular weight is 397 g/mol. The van der Waals surface area contributed by atoms with Crippen LogP contribution in [0.4, 0.5) is 4.79 Å². The van der Waals surface area contributed by atoms with E-state index < -0.39 is 11.7 Å². The van der Waals surface area contributed by atoms with E-state index >= 15 is 0 Å². The first-order valence-electron chi connectivity index (χ1n) is 9.34. The molecule has 1 atom stereocenters. The lowest BCUT2D eigenvalue weighted by atomic mass is 10.0. The molecular weight excluding hydrogens is 368 g/mol. The summed E-state index contributed by atoms with van der Waals surface area (Å²) in [6, 6.07) is 7.37. The molecule has 1 N–H and O–H groups in total. The summed E-state index contributed by atoms with van der Waals surface area (Å²) in [6.07, 6.45) is 2.38. The molecule has 7 heteroatoms. The maximum atomic E-state index is 12.6. The van der Waals surface area contributed by atoms with Crippen molar-refractivity contribution < 1.29 is 19.1 Å². The van der Waals surface area contributed by atoms with Crippen molar-refractivity contribution in [1.29, 1.82) is 0 Å². The Labute approximate surface area is 166 Å². The molecule has 0 saturated carbocycles. The van der Waals surface area contributed by atoms with Gasteiger partial charge >= 0.3 is 6.09 Å². The lowest BCUT2D eigenvalue weighted by Gasteiger charge is -2.36. The molecule has 0 bridgehead atoms. The van der Waals surface area contributed by atoms with Crippen molar-refractivity contribution in [2.24, 2.45) is 0 Å². The molecule has 1 aliphatic rings. The van der Waals surface area contributed by atoms with Gasteiger partial charge in [-0.25, -0.2) is 4.79 Å². The zero-order valence-corrected chi connectivity index (χ0v) is 17.1. The van der Waals surface area contributed by atoms with Crippen LogP contribution in [0.15, 0.2) is 24.3 Å². The number of alkyl carbamates (subject to hydrolysis) is 1. The largest absolute Gasteiger partial charge is 0.444 e. The van der Waals surface area contributed by atoms with Crippen LogP contribution in [0.2, 0.25) is 5.02 Å². The van der Waals surface area contributed by atoms with Crippen molar-refractivity contribution in [2.45, 2.75) is 58.3 Å². The van der Waals surface area contributed by atoms with E-state index in [1.165, 1.54) is 0 Å². The lowest BCUT2D eigenvalue weighted by molar-refractivity contribution is -0.140. The predicted octanol–water partition coefficient (Wildman–Crippen LogP) is 3.76. The first-order chi connectivity index (χ1) is 12.8. The summed E-state index contributed by atoms with van der Waals surface area (Å²) in [5.41, 5.74) is 0.312. The normalized spacial score (nSPS) is 17.5. The zero-order valence-electron chi connectivity index (χ0n) is 16.3. The number of amides is 2. The smallest absolute Gasteiger partial charge is 0.407 e. The Morgan fingerprint density at radius 1 is 1.26 bits per heavy atom. The number of ether oxygens (including phenoxy) is 2. The van der Waals surface area contributed by atoms with E-state index in [1.54, 1.807) is 11.0 Å². The van der Waals surface area contributed by atoms with E-state index in [9.17, 15) is 9.59 Å². The van der Waals surface area contributed by atoms with E-state index in [-0.39, 0.29) is 18.6 Å². The second-order valence-electron chi connectivity index (χ2n) is 7.70. The summed E-state index contributed by atoms with van der Waals surface area (Å²) >= 11 is 6.10. The molecule has 2 amide bonds. The van der Waals surface area contributed by atoms with Crippen LogP contribution in [0, 0.1) is 0 Å². The maximum absolute atomic E-state index is 12.6. The highest BCUT2D eigenvalue weighted by Crippen LogP contribution is 2.18. The summed E-state index contributed by atoms with van der Waals surface area (Å²) in [4.78, 5) is 26.2. The fourth-order valence-corrected chi connectivity index (χ4v) is 3.19. The summed E-state index contributed by atoms with van der Waals surface area (Å²) < 4.78 is 10.8. The van der Waals surface area contributed by atoms with Crippen molar-refractivity contribution in [3.05, 3.63) is 34.9 Å². The summed E-state index contributed by atoms with van der Waals surface area (Å²) in [7, 11) is 0. The van der Waals surface area contributed by atoms with Gasteiger partial charge in [0.15, 0.2) is 0 Å². The number of carbonyl (C=O) groups is 2. The molecule has 1 heterocycles. The van der Waals surface area contributed by atoms with Gasteiger partial charge in [0.2, 0.25) is 5.91 Å². The lowest BCUT2D eigenvalue weighted by Crippen LogP contribution is -2.51. The van der Waals surface area contributed by atoms with Gasteiger partial charge < -0.3 is 19.7 Å². The predicted molar refractivity (Wildman–Crippen MR) is 105 cm³/mol. The highest BCUT2D eigenvalue weighted by Gasteiger charge is 2.27. The van der Waals surface area contributed by atoms with Crippen molar-refractivity contribution in [3.63, 3.8) is 0 Å². The highest BCUT2D eigenvalue weighted by atomic mass is 35.5. The van der Waals surface area contributed by atoms with E-state index in [2.05, 4.69) is 5.32 Å². The fourth-order valence-electron chi connectivity index (χ4n) is 3.00. The molecule has 1 unspecified atom stereocenters. The second-order valence-corrected chi connectivity index (χ2v) is 8.11. The number of halogens is 1. The molecule has 1 aliphatic heterocycles. The number of rotatable bonds is 6. The van der Waals surface area contributed by atoms with Gasteiger partial charge in [-0.3, -0.25) is 4.79 Å². The van der Waals surface area contributed by atoms with E-state index in [0.29, 0.717) is 24.7 Å². The molecule has 0 radical (unpaired) electrons. The third kappa shape index (κ3) is 7.39. The molecule has 1 fully saturated rings. The average Bonchev–Trinajstić information content (AvgIpc) is 2.60. The first-order valence-corrected chi connectivity index (χ1v) is 9.71. The van der Waals surface area contributed by atoms with Crippen LogP contribution in [0.25, 0.3) is 0 Å². The Kier molecular flexibility index (Phi) is 7.92. The molecular formula is C20H29ClN2O4. The number of carbonyl (C=O) groups excluding carboxylic acids is 2. The van der Waals surface area contributed by atoms with Crippen molar-refractivity contribution in [1.82, 2.24) is 10.2 Å². The van der Waals surface area contributed by atoms with E-state index in [4.69, 9.17) is 21.1 Å². The molecule has 1 aromatic rings. The third-order valence-electron chi connectivity index (χ3n) is 4.27. The van der Waals surface area contributed by atoms with Gasteiger partial charge in [0, 0.05) is 24.2 Å². The Morgan fingerprint density at radius 3 is 2.70 bits per heavy atom. The minimum absolute atomic E-state index is 0.00579. The van der Waals surface area contributed by atoms with E-state index in [1.807, 2.05) is 39.0 Å². The minimum Gasteiger partial charge on any atom is -0.444 e. The standard InChI is InChI=1S/C20H29ClN2O4/c1-20(2,3)27-19(25)22-12-16-9-6-7-11-23(16)18(24)14-26-13-15-8-4-5-10-17(15)21/h4-5,8,10,16H,6-7,9,11-14H2,1-3H3,(H,22,25). The second kappa shape index (κ2) is 9.95. The number of benzene rings is 1.